The minimum absolute atomic E-state index is 0.0338. The number of hydrogen-bond donors (Lipinski definition) is 2. The fourth-order valence-electron chi connectivity index (χ4n) is 2.09. The van der Waals surface area contributed by atoms with Crippen molar-refractivity contribution in [2.24, 2.45) is 0 Å². The Hall–Kier alpha value is -2.62. The van der Waals surface area contributed by atoms with Gasteiger partial charge in [0.1, 0.15) is 11.5 Å². The van der Waals surface area contributed by atoms with E-state index in [2.05, 4.69) is 0 Å². The highest BCUT2D eigenvalue weighted by atomic mass is 16.3. The van der Waals surface area contributed by atoms with E-state index in [4.69, 9.17) is 0 Å². The fourth-order valence-corrected chi connectivity index (χ4v) is 2.09. The van der Waals surface area contributed by atoms with E-state index in [0.29, 0.717) is 36.5 Å². The third-order valence-corrected chi connectivity index (χ3v) is 3.22. The van der Waals surface area contributed by atoms with E-state index in [-0.39, 0.29) is 22.6 Å². The lowest BCUT2D eigenvalue weighted by Crippen LogP contribution is -1.96. The van der Waals surface area contributed by atoms with Crippen LogP contribution in [0.5, 0.6) is 11.5 Å². The van der Waals surface area contributed by atoms with Gasteiger partial charge in [-0.1, -0.05) is 24.3 Å². The number of benzene rings is 2. The van der Waals surface area contributed by atoms with Crippen molar-refractivity contribution in [1.29, 1.82) is 0 Å². The number of aromatic hydroxyl groups is 2. The molecule has 4 heteroatoms. The zero-order valence-corrected chi connectivity index (χ0v) is 10.7. The van der Waals surface area contributed by atoms with Gasteiger partial charge in [0.15, 0.2) is 12.6 Å². The predicted octanol–water partition coefficient (Wildman–Crippen LogP) is 2.51. The van der Waals surface area contributed by atoms with Gasteiger partial charge in [0.05, 0.1) is 11.1 Å². The van der Waals surface area contributed by atoms with E-state index in [1.54, 1.807) is 24.3 Å². The van der Waals surface area contributed by atoms with Crippen molar-refractivity contribution >= 4 is 12.6 Å². The van der Waals surface area contributed by atoms with Gasteiger partial charge in [0.2, 0.25) is 0 Å². The maximum atomic E-state index is 10.8. The number of rotatable bonds is 5. The summed E-state index contributed by atoms with van der Waals surface area (Å²) >= 11 is 0. The zero-order valence-electron chi connectivity index (χ0n) is 10.7. The molecule has 0 amide bonds. The molecule has 102 valence electrons. The maximum absolute atomic E-state index is 10.8. The average molecular weight is 270 g/mol. The molecule has 20 heavy (non-hydrogen) atoms. The largest absolute Gasteiger partial charge is 0.507 e. The van der Waals surface area contributed by atoms with Gasteiger partial charge in [-0.25, -0.2) is 0 Å². The summed E-state index contributed by atoms with van der Waals surface area (Å²) in [7, 11) is 0. The summed E-state index contributed by atoms with van der Waals surface area (Å²) in [5.74, 6) is -0.0675. The van der Waals surface area contributed by atoms with E-state index in [1.165, 1.54) is 12.1 Å². The van der Waals surface area contributed by atoms with Crippen molar-refractivity contribution in [3.63, 3.8) is 0 Å². The minimum Gasteiger partial charge on any atom is -0.507 e. The Kier molecular flexibility index (Phi) is 4.15. The first-order chi connectivity index (χ1) is 9.67. The van der Waals surface area contributed by atoms with Gasteiger partial charge in [-0.15, -0.1) is 0 Å². The number of aldehydes is 2. The molecule has 0 aromatic heterocycles. The van der Waals surface area contributed by atoms with Gasteiger partial charge in [0.25, 0.3) is 0 Å². The van der Waals surface area contributed by atoms with E-state index < -0.39 is 0 Å². The van der Waals surface area contributed by atoms with Gasteiger partial charge in [-0.2, -0.15) is 0 Å². The first-order valence-corrected chi connectivity index (χ1v) is 6.19. The Morgan fingerprint density at radius 1 is 0.750 bits per heavy atom. The van der Waals surface area contributed by atoms with Crippen LogP contribution in [-0.4, -0.2) is 22.8 Å². The third kappa shape index (κ3) is 2.69. The second kappa shape index (κ2) is 6.02. The second-order valence-corrected chi connectivity index (χ2v) is 4.45. The smallest absolute Gasteiger partial charge is 0.153 e. The first-order valence-electron chi connectivity index (χ1n) is 6.19. The summed E-state index contributed by atoms with van der Waals surface area (Å²) in [6.45, 7) is 0. The Morgan fingerprint density at radius 3 is 1.50 bits per heavy atom. The molecule has 0 fully saturated rings. The summed E-state index contributed by atoms with van der Waals surface area (Å²) in [5.41, 5.74) is 1.75. The molecule has 2 rings (SSSR count). The van der Waals surface area contributed by atoms with E-state index in [0.717, 1.165) is 0 Å². The Balaban J connectivity index is 2.21. The van der Waals surface area contributed by atoms with Crippen molar-refractivity contribution in [2.45, 2.75) is 12.8 Å². The minimum atomic E-state index is -0.0338. The lowest BCUT2D eigenvalue weighted by molar-refractivity contribution is 0.111. The molecule has 0 aliphatic rings. The number of aryl methyl sites for hydroxylation is 2. The fraction of sp³-hybridized carbons (Fsp3) is 0.125. The first kappa shape index (κ1) is 13.8. The van der Waals surface area contributed by atoms with Gasteiger partial charge in [-0.3, -0.25) is 9.59 Å². The predicted molar refractivity (Wildman–Crippen MR) is 74.4 cm³/mol. The van der Waals surface area contributed by atoms with Crippen LogP contribution >= 0.6 is 0 Å². The molecule has 0 heterocycles. The highest BCUT2D eigenvalue weighted by Crippen LogP contribution is 2.26. The highest BCUT2D eigenvalue weighted by molar-refractivity contribution is 5.80. The second-order valence-electron chi connectivity index (χ2n) is 4.45. The molecular formula is C16H14O4. The molecule has 0 unspecified atom stereocenters. The van der Waals surface area contributed by atoms with Crippen LogP contribution in [0.4, 0.5) is 0 Å². The van der Waals surface area contributed by atoms with Crippen LogP contribution in [0.25, 0.3) is 0 Å². The number of hydrogen-bond acceptors (Lipinski definition) is 4. The molecule has 0 aliphatic carbocycles. The van der Waals surface area contributed by atoms with Crippen molar-refractivity contribution < 1.29 is 19.8 Å². The SMILES string of the molecule is O=Cc1cccc(CCc2cccc(C=O)c2O)c1O. The van der Waals surface area contributed by atoms with Crippen LogP contribution in [-0.2, 0) is 12.8 Å². The van der Waals surface area contributed by atoms with Crippen LogP contribution in [0, 0.1) is 0 Å². The molecule has 2 aromatic carbocycles. The van der Waals surface area contributed by atoms with Crippen LogP contribution < -0.4 is 0 Å². The van der Waals surface area contributed by atoms with Gasteiger partial charge in [0, 0.05) is 0 Å². The number of phenols is 2. The third-order valence-electron chi connectivity index (χ3n) is 3.22. The standard InChI is InChI=1S/C16H14O4/c17-9-13-5-1-3-11(15(13)19)7-8-12-4-2-6-14(10-18)16(12)20/h1-6,9-10,19-20H,7-8H2. The van der Waals surface area contributed by atoms with E-state index in [9.17, 15) is 19.8 Å². The Morgan fingerprint density at radius 2 is 1.15 bits per heavy atom. The van der Waals surface area contributed by atoms with Gasteiger partial charge in [-0.05, 0) is 36.1 Å². The number of para-hydroxylation sites is 2. The summed E-state index contributed by atoms with van der Waals surface area (Å²) < 4.78 is 0. The van der Waals surface area contributed by atoms with Crippen LogP contribution in [0.2, 0.25) is 0 Å². The number of phenolic OH excluding ortho intramolecular Hbond substituents is 2. The lowest BCUT2D eigenvalue weighted by atomic mass is 9.99. The van der Waals surface area contributed by atoms with Crippen LogP contribution in [0.1, 0.15) is 31.8 Å². The monoisotopic (exact) mass is 270 g/mol. The van der Waals surface area contributed by atoms with E-state index >= 15 is 0 Å². The molecule has 0 atom stereocenters. The topological polar surface area (TPSA) is 74.6 Å². The molecule has 4 nitrogen and oxygen atoms in total. The van der Waals surface area contributed by atoms with Gasteiger partial charge >= 0.3 is 0 Å². The molecule has 0 bridgehead atoms. The normalized spacial score (nSPS) is 10.2. The summed E-state index contributed by atoms with van der Waals surface area (Å²) in [6.07, 6.45) is 2.12. The quantitative estimate of drug-likeness (QED) is 0.819. The molecule has 0 saturated carbocycles. The van der Waals surface area contributed by atoms with Gasteiger partial charge < -0.3 is 10.2 Å². The molecule has 0 aliphatic heterocycles. The molecule has 0 radical (unpaired) electrons. The molecule has 2 aromatic rings. The molecule has 0 saturated heterocycles. The van der Waals surface area contributed by atoms with Crippen molar-refractivity contribution in [3.05, 3.63) is 58.7 Å². The number of carbonyl (C=O) groups excluding carboxylic acids is 2. The van der Waals surface area contributed by atoms with E-state index in [1.807, 2.05) is 0 Å². The van der Waals surface area contributed by atoms with Crippen molar-refractivity contribution in [2.75, 3.05) is 0 Å². The molecular weight excluding hydrogens is 256 g/mol. The molecule has 2 N–H and O–H groups in total. The highest BCUT2D eigenvalue weighted by Gasteiger charge is 2.09. The van der Waals surface area contributed by atoms with Crippen LogP contribution in [0.3, 0.4) is 0 Å². The molecule has 0 spiro atoms. The van der Waals surface area contributed by atoms with Crippen molar-refractivity contribution in [1.82, 2.24) is 0 Å². The Bertz CT molecular complexity index is 589. The summed E-state index contributed by atoms with van der Waals surface area (Å²) in [4.78, 5) is 21.5. The number of carbonyl (C=O) groups is 2. The van der Waals surface area contributed by atoms with Crippen LogP contribution in [0.15, 0.2) is 36.4 Å². The summed E-state index contributed by atoms with van der Waals surface area (Å²) in [5, 5.41) is 19.8. The summed E-state index contributed by atoms with van der Waals surface area (Å²) in [6, 6.07) is 9.92. The zero-order chi connectivity index (χ0) is 14.5. The maximum Gasteiger partial charge on any atom is 0.153 e. The average Bonchev–Trinajstić information content (AvgIpc) is 2.47. The Labute approximate surface area is 116 Å². The van der Waals surface area contributed by atoms with Crippen molar-refractivity contribution in [3.8, 4) is 11.5 Å². The lowest BCUT2D eigenvalue weighted by Gasteiger charge is -2.08.